The number of aliphatic hydroxyl groups is 1. The van der Waals surface area contributed by atoms with Crippen LogP contribution < -0.4 is 4.74 Å². The molecule has 1 aliphatic heterocycles. The van der Waals surface area contributed by atoms with Gasteiger partial charge in [0, 0.05) is 38.6 Å². The van der Waals surface area contributed by atoms with Crippen LogP contribution in [0.5, 0.6) is 11.5 Å². The lowest BCUT2D eigenvalue weighted by molar-refractivity contribution is -0.275. The van der Waals surface area contributed by atoms with Crippen LogP contribution in [0.3, 0.4) is 0 Å². The van der Waals surface area contributed by atoms with Gasteiger partial charge in [0.15, 0.2) is 11.5 Å². The van der Waals surface area contributed by atoms with Gasteiger partial charge in [-0.15, -0.1) is 18.2 Å². The van der Waals surface area contributed by atoms with Crippen LogP contribution >= 0.6 is 0 Å². The lowest BCUT2D eigenvalue weighted by Gasteiger charge is -2.43. The Morgan fingerprint density at radius 2 is 1.71 bits per heavy atom. The Morgan fingerprint density at radius 3 is 2.26 bits per heavy atom. The topological polar surface area (TPSA) is 82.5 Å². The monoisotopic (exact) mass is 488 g/mol. The van der Waals surface area contributed by atoms with Crippen molar-refractivity contribution in [2.45, 2.75) is 70.8 Å². The quantitative estimate of drug-likeness (QED) is 0.621. The number of piperazine rings is 1. The van der Waals surface area contributed by atoms with Gasteiger partial charge in [0.2, 0.25) is 0 Å². The average Bonchev–Trinajstić information content (AvgIpc) is 2.73. The molecule has 0 aromatic heterocycles. The molecule has 2 aliphatic rings. The van der Waals surface area contributed by atoms with Crippen LogP contribution in [0.1, 0.15) is 64.4 Å². The third-order valence-electron chi connectivity index (χ3n) is 6.58. The van der Waals surface area contributed by atoms with Crippen LogP contribution in [0.15, 0.2) is 18.2 Å². The van der Waals surface area contributed by atoms with Crippen molar-refractivity contribution in [3.8, 4) is 11.5 Å². The molecular formula is C24H35F3N2O5. The van der Waals surface area contributed by atoms with Crippen LogP contribution in [-0.2, 0) is 9.63 Å². The maximum absolute atomic E-state index is 12.8. The smallest absolute Gasteiger partial charge is 0.504 e. The molecule has 7 nitrogen and oxygen atoms in total. The van der Waals surface area contributed by atoms with E-state index in [1.54, 1.807) is 31.9 Å². The highest BCUT2D eigenvalue weighted by Crippen LogP contribution is 2.43. The molecular weight excluding hydrogens is 453 g/mol. The number of halogens is 3. The van der Waals surface area contributed by atoms with Crippen molar-refractivity contribution < 1.29 is 37.8 Å². The second-order valence-corrected chi connectivity index (χ2v) is 10.4. The van der Waals surface area contributed by atoms with Gasteiger partial charge in [-0.2, -0.15) is 0 Å². The molecule has 10 heteroatoms. The summed E-state index contributed by atoms with van der Waals surface area (Å²) in [5.74, 6) is -2.05. The lowest BCUT2D eigenvalue weighted by Crippen LogP contribution is -2.51. The van der Waals surface area contributed by atoms with Crippen molar-refractivity contribution in [2.24, 2.45) is 5.41 Å². The number of hydrogen-bond donors (Lipinski definition) is 2. The van der Waals surface area contributed by atoms with Crippen LogP contribution in [0.2, 0.25) is 0 Å². The second-order valence-electron chi connectivity index (χ2n) is 10.4. The predicted molar refractivity (Wildman–Crippen MR) is 119 cm³/mol. The highest BCUT2D eigenvalue weighted by molar-refractivity contribution is 5.75. The zero-order chi connectivity index (χ0) is 25.1. The molecule has 0 radical (unpaired) electrons. The van der Waals surface area contributed by atoms with Gasteiger partial charge in [0.25, 0.3) is 0 Å². The van der Waals surface area contributed by atoms with E-state index < -0.39 is 34.8 Å². The van der Waals surface area contributed by atoms with Gasteiger partial charge in [0.1, 0.15) is 0 Å². The van der Waals surface area contributed by atoms with E-state index >= 15 is 0 Å². The molecule has 1 aliphatic carbocycles. The first-order valence-corrected chi connectivity index (χ1v) is 11.8. The first-order valence-electron chi connectivity index (χ1n) is 11.8. The number of hydrogen-bond acceptors (Lipinski definition) is 7. The van der Waals surface area contributed by atoms with E-state index in [2.05, 4.69) is 9.64 Å². The van der Waals surface area contributed by atoms with Crippen LogP contribution in [0.4, 0.5) is 13.2 Å². The fraction of sp³-hybridized carbons (Fsp3) is 0.708. The van der Waals surface area contributed by atoms with Gasteiger partial charge in [-0.25, -0.2) is 4.79 Å². The summed E-state index contributed by atoms with van der Waals surface area (Å²) in [5.41, 5.74) is -1.19. The van der Waals surface area contributed by atoms with Crippen molar-refractivity contribution >= 4 is 5.97 Å². The number of hydroxylamine groups is 2. The van der Waals surface area contributed by atoms with Crippen molar-refractivity contribution in [2.75, 3.05) is 32.7 Å². The second kappa shape index (κ2) is 10.3. The summed E-state index contributed by atoms with van der Waals surface area (Å²) in [6.07, 6.45) is -1.14. The Kier molecular flexibility index (Phi) is 8.04. The first-order chi connectivity index (χ1) is 15.8. The van der Waals surface area contributed by atoms with Crippen molar-refractivity contribution in [3.63, 3.8) is 0 Å². The van der Waals surface area contributed by atoms with E-state index in [0.29, 0.717) is 51.1 Å². The van der Waals surface area contributed by atoms with Crippen molar-refractivity contribution in [1.29, 1.82) is 0 Å². The number of alkyl halides is 3. The number of phenolic OH excluding ortho intramolecular Hbond substituents is 1. The summed E-state index contributed by atoms with van der Waals surface area (Å²) >= 11 is 0. The van der Waals surface area contributed by atoms with Gasteiger partial charge < -0.3 is 19.8 Å². The highest BCUT2D eigenvalue weighted by atomic mass is 19.4. The van der Waals surface area contributed by atoms with E-state index in [1.165, 1.54) is 12.1 Å². The average molecular weight is 489 g/mol. The maximum Gasteiger partial charge on any atom is 0.573 e. The molecule has 0 bridgehead atoms. The normalized spacial score (nSPS) is 21.1. The van der Waals surface area contributed by atoms with E-state index in [-0.39, 0.29) is 5.97 Å². The van der Waals surface area contributed by atoms with E-state index in [1.807, 2.05) is 0 Å². The fourth-order valence-corrected chi connectivity index (χ4v) is 4.57. The molecule has 1 saturated heterocycles. The maximum atomic E-state index is 12.8. The van der Waals surface area contributed by atoms with Gasteiger partial charge in [-0.3, -0.25) is 4.90 Å². The Morgan fingerprint density at radius 1 is 1.09 bits per heavy atom. The van der Waals surface area contributed by atoms with Crippen molar-refractivity contribution in [1.82, 2.24) is 9.96 Å². The summed E-state index contributed by atoms with van der Waals surface area (Å²) in [5, 5.41) is 23.1. The predicted octanol–water partition coefficient (Wildman–Crippen LogP) is 4.19. The van der Waals surface area contributed by atoms with Gasteiger partial charge >= 0.3 is 12.3 Å². The third kappa shape index (κ3) is 6.99. The molecule has 34 heavy (non-hydrogen) atoms. The molecule has 3 rings (SSSR count). The Hall–Kier alpha value is -2.04. The number of nitrogens with zero attached hydrogens (tertiary/aromatic N) is 2. The molecule has 1 atom stereocenters. The largest absolute Gasteiger partial charge is 0.573 e. The zero-order valence-corrected chi connectivity index (χ0v) is 20.0. The SMILES string of the molecule is CC(C)(C)C(=O)ON1CCN(CC(c2ccc(O)c(OC(F)(F)F)c2)C2(O)CCCCC2)CC1. The number of carbonyl (C=O) groups excluding carboxylic acids is 1. The minimum Gasteiger partial charge on any atom is -0.504 e. The summed E-state index contributed by atoms with van der Waals surface area (Å²) in [7, 11) is 0. The molecule has 2 fully saturated rings. The minimum absolute atomic E-state index is 0.309. The summed E-state index contributed by atoms with van der Waals surface area (Å²) in [6.45, 7) is 7.92. The first kappa shape index (κ1) is 26.6. The molecule has 1 saturated carbocycles. The summed E-state index contributed by atoms with van der Waals surface area (Å²) in [4.78, 5) is 19.8. The third-order valence-corrected chi connectivity index (χ3v) is 6.58. The highest BCUT2D eigenvalue weighted by Gasteiger charge is 2.41. The summed E-state index contributed by atoms with van der Waals surface area (Å²) in [6, 6.07) is 3.91. The number of rotatable bonds is 6. The van der Waals surface area contributed by atoms with Crippen LogP contribution in [-0.4, -0.2) is 70.8 Å². The standard InChI is InChI=1S/C24H35F3N2O5/c1-22(2,3)21(31)34-29-13-11-28(12-14-29)16-18(23(32)9-5-4-6-10-23)17-7-8-19(30)20(15-17)33-24(25,26)27/h7-8,15,18,30,32H,4-6,9-14,16H2,1-3H3. The number of benzene rings is 1. The van der Waals surface area contributed by atoms with E-state index in [9.17, 15) is 28.2 Å². The van der Waals surface area contributed by atoms with Gasteiger partial charge in [0.05, 0.1) is 11.0 Å². The molecule has 1 unspecified atom stereocenters. The van der Waals surface area contributed by atoms with Gasteiger partial charge in [-0.1, -0.05) is 25.3 Å². The number of aromatic hydroxyl groups is 1. The lowest BCUT2D eigenvalue weighted by atomic mass is 9.72. The molecule has 1 aromatic carbocycles. The Bertz CT molecular complexity index is 842. The Balaban J connectivity index is 1.76. The zero-order valence-electron chi connectivity index (χ0n) is 20.0. The molecule has 1 aromatic rings. The number of ether oxygens (including phenoxy) is 1. The van der Waals surface area contributed by atoms with E-state index in [0.717, 1.165) is 19.3 Å². The molecule has 1 heterocycles. The van der Waals surface area contributed by atoms with Crippen molar-refractivity contribution in [3.05, 3.63) is 23.8 Å². The molecule has 192 valence electrons. The van der Waals surface area contributed by atoms with Gasteiger partial charge in [-0.05, 0) is 51.3 Å². The minimum atomic E-state index is -4.94. The van der Waals surface area contributed by atoms with Crippen LogP contribution in [0.25, 0.3) is 0 Å². The molecule has 0 amide bonds. The number of phenols is 1. The molecule has 0 spiro atoms. The molecule has 2 N–H and O–H groups in total. The summed E-state index contributed by atoms with van der Waals surface area (Å²) < 4.78 is 42.5. The fourth-order valence-electron chi connectivity index (χ4n) is 4.57. The number of carbonyl (C=O) groups is 1. The van der Waals surface area contributed by atoms with Crippen LogP contribution in [0, 0.1) is 5.41 Å². The Labute approximate surface area is 198 Å². The van der Waals surface area contributed by atoms with E-state index in [4.69, 9.17) is 4.84 Å².